The quantitative estimate of drug-likeness (QED) is 0.823. The van der Waals surface area contributed by atoms with E-state index in [4.69, 9.17) is 11.6 Å². The number of carbonyl (C=O) groups is 1. The van der Waals surface area contributed by atoms with Crippen molar-refractivity contribution < 1.29 is 13.2 Å². The number of anilines is 1. The molecule has 0 radical (unpaired) electrons. The molecule has 116 valence electrons. The summed E-state index contributed by atoms with van der Waals surface area (Å²) >= 11 is 9.29. The van der Waals surface area contributed by atoms with Gasteiger partial charge in [-0.1, -0.05) is 27.5 Å². The summed E-state index contributed by atoms with van der Waals surface area (Å²) in [5.41, 5.74) is 0.659. The van der Waals surface area contributed by atoms with Gasteiger partial charge in [0.05, 0.1) is 15.5 Å². The third-order valence-corrected chi connectivity index (χ3v) is 5.13. The average molecular weight is 404 g/mol. The lowest BCUT2D eigenvalue weighted by Crippen LogP contribution is -2.20. The molecular weight excluding hydrogens is 392 g/mol. The topological polar surface area (TPSA) is 75.3 Å². The van der Waals surface area contributed by atoms with Gasteiger partial charge in [0.25, 0.3) is 5.91 Å². The van der Waals surface area contributed by atoms with Crippen LogP contribution < -0.4 is 10.0 Å². The smallest absolute Gasteiger partial charge is 0.257 e. The molecule has 0 bridgehead atoms. The van der Waals surface area contributed by atoms with Gasteiger partial charge in [-0.2, -0.15) is 0 Å². The van der Waals surface area contributed by atoms with Crippen molar-refractivity contribution in [1.82, 2.24) is 4.72 Å². The van der Waals surface area contributed by atoms with E-state index in [0.29, 0.717) is 5.69 Å². The van der Waals surface area contributed by atoms with Gasteiger partial charge in [-0.3, -0.25) is 4.79 Å². The third-order valence-electron chi connectivity index (χ3n) is 2.86. The predicted octanol–water partition coefficient (Wildman–Crippen LogP) is 3.26. The van der Waals surface area contributed by atoms with Crippen LogP contribution in [0.25, 0.3) is 0 Å². The molecule has 0 aliphatic carbocycles. The molecule has 0 saturated heterocycles. The Morgan fingerprint density at radius 3 is 2.36 bits per heavy atom. The molecule has 2 rings (SSSR count). The molecule has 0 unspecified atom stereocenters. The normalized spacial score (nSPS) is 11.2. The van der Waals surface area contributed by atoms with Gasteiger partial charge in [0.15, 0.2) is 0 Å². The summed E-state index contributed by atoms with van der Waals surface area (Å²) in [6.45, 7) is 0. The molecule has 0 aromatic heterocycles. The van der Waals surface area contributed by atoms with Gasteiger partial charge < -0.3 is 5.32 Å². The Labute approximate surface area is 141 Å². The van der Waals surface area contributed by atoms with Crippen molar-refractivity contribution >= 4 is 49.1 Å². The highest BCUT2D eigenvalue weighted by molar-refractivity contribution is 9.10. The number of amides is 1. The molecule has 8 heteroatoms. The van der Waals surface area contributed by atoms with Crippen LogP contribution in [0, 0.1) is 0 Å². The first-order valence-electron chi connectivity index (χ1n) is 6.13. The number of sulfonamides is 1. The molecule has 0 aliphatic heterocycles. The van der Waals surface area contributed by atoms with Gasteiger partial charge in [-0.15, -0.1) is 0 Å². The van der Waals surface area contributed by atoms with Crippen LogP contribution in [0.2, 0.25) is 5.02 Å². The minimum absolute atomic E-state index is 0.0274. The molecule has 0 atom stereocenters. The van der Waals surface area contributed by atoms with Crippen molar-refractivity contribution in [2.24, 2.45) is 0 Å². The van der Waals surface area contributed by atoms with E-state index in [1.54, 1.807) is 24.3 Å². The maximum Gasteiger partial charge on any atom is 0.257 e. The second kappa shape index (κ2) is 6.78. The first-order valence-corrected chi connectivity index (χ1v) is 8.79. The van der Waals surface area contributed by atoms with Crippen molar-refractivity contribution in [1.29, 1.82) is 0 Å². The number of halogens is 2. The maximum absolute atomic E-state index is 12.3. The molecule has 5 nitrogen and oxygen atoms in total. The fraction of sp³-hybridized carbons (Fsp3) is 0.0714. The Hall–Kier alpha value is -1.41. The van der Waals surface area contributed by atoms with Crippen molar-refractivity contribution in [2.75, 3.05) is 12.4 Å². The molecular formula is C14H12BrClN2O3S. The summed E-state index contributed by atoms with van der Waals surface area (Å²) in [7, 11) is -2.35. The van der Waals surface area contributed by atoms with Crippen molar-refractivity contribution in [2.45, 2.75) is 4.90 Å². The fourth-order valence-electron chi connectivity index (χ4n) is 1.70. The van der Waals surface area contributed by atoms with Crippen LogP contribution in [-0.2, 0) is 10.0 Å². The van der Waals surface area contributed by atoms with E-state index in [2.05, 4.69) is 26.0 Å². The van der Waals surface area contributed by atoms with Crippen molar-refractivity contribution in [3.8, 4) is 0 Å². The molecule has 0 fully saturated rings. The first kappa shape index (κ1) is 17.0. The van der Waals surface area contributed by atoms with Crippen LogP contribution in [0.1, 0.15) is 10.4 Å². The highest BCUT2D eigenvalue weighted by Gasteiger charge is 2.17. The number of rotatable bonds is 4. The lowest BCUT2D eigenvalue weighted by atomic mass is 10.2. The number of benzene rings is 2. The number of carbonyl (C=O) groups excluding carboxylic acids is 1. The predicted molar refractivity (Wildman–Crippen MR) is 89.8 cm³/mol. The van der Waals surface area contributed by atoms with Crippen molar-refractivity contribution in [3.63, 3.8) is 0 Å². The molecule has 0 spiro atoms. The Kier molecular flexibility index (Phi) is 5.23. The minimum atomic E-state index is -3.64. The SMILES string of the molecule is CNS(=O)(=O)c1ccc(Cl)c(C(=O)Nc2ccc(Br)cc2)c1. The van der Waals surface area contributed by atoms with Crippen LogP contribution >= 0.6 is 27.5 Å². The Balaban J connectivity index is 2.33. The van der Waals surface area contributed by atoms with Gasteiger partial charge in [0, 0.05) is 10.2 Å². The molecule has 22 heavy (non-hydrogen) atoms. The van der Waals surface area contributed by atoms with Crippen LogP contribution in [-0.4, -0.2) is 21.4 Å². The van der Waals surface area contributed by atoms with E-state index in [-0.39, 0.29) is 15.5 Å². The van der Waals surface area contributed by atoms with Crippen LogP contribution in [0.3, 0.4) is 0 Å². The third kappa shape index (κ3) is 3.86. The Morgan fingerprint density at radius 2 is 1.77 bits per heavy atom. The van der Waals surface area contributed by atoms with E-state index in [1.165, 1.54) is 25.2 Å². The summed E-state index contributed by atoms with van der Waals surface area (Å²) < 4.78 is 26.7. The Morgan fingerprint density at radius 1 is 1.14 bits per heavy atom. The molecule has 2 aromatic rings. The molecule has 2 aromatic carbocycles. The van der Waals surface area contributed by atoms with Gasteiger partial charge in [-0.05, 0) is 49.5 Å². The van der Waals surface area contributed by atoms with Gasteiger partial charge in [-0.25, -0.2) is 13.1 Å². The zero-order chi connectivity index (χ0) is 16.3. The van der Waals surface area contributed by atoms with E-state index in [0.717, 1.165) is 4.47 Å². The fourth-order valence-corrected chi connectivity index (χ4v) is 2.92. The van der Waals surface area contributed by atoms with Crippen LogP contribution in [0.5, 0.6) is 0 Å². The first-order chi connectivity index (χ1) is 10.3. The summed E-state index contributed by atoms with van der Waals surface area (Å²) in [5.74, 6) is -0.486. The molecule has 0 aliphatic rings. The minimum Gasteiger partial charge on any atom is -0.322 e. The van der Waals surface area contributed by atoms with Crippen molar-refractivity contribution in [3.05, 3.63) is 57.5 Å². The van der Waals surface area contributed by atoms with Crippen LogP contribution in [0.4, 0.5) is 5.69 Å². The zero-order valence-electron chi connectivity index (χ0n) is 11.4. The van der Waals surface area contributed by atoms with E-state index >= 15 is 0 Å². The molecule has 0 heterocycles. The summed E-state index contributed by atoms with van der Waals surface area (Å²) in [6, 6.07) is 10.9. The van der Waals surface area contributed by atoms with E-state index in [1.807, 2.05) is 0 Å². The number of hydrogen-bond acceptors (Lipinski definition) is 3. The molecule has 1 amide bonds. The van der Waals surface area contributed by atoms with Gasteiger partial charge in [0.2, 0.25) is 10.0 Å². The maximum atomic E-state index is 12.3. The van der Waals surface area contributed by atoms with Gasteiger partial charge >= 0.3 is 0 Å². The molecule has 0 saturated carbocycles. The standard InChI is InChI=1S/C14H12BrClN2O3S/c1-17-22(20,21)11-6-7-13(16)12(8-11)14(19)18-10-4-2-9(15)3-5-10/h2-8,17H,1H3,(H,18,19). The zero-order valence-corrected chi connectivity index (χ0v) is 14.6. The largest absolute Gasteiger partial charge is 0.322 e. The Bertz CT molecular complexity index is 807. The van der Waals surface area contributed by atoms with E-state index in [9.17, 15) is 13.2 Å². The summed E-state index contributed by atoms with van der Waals surface area (Å²) in [5, 5.41) is 2.83. The number of nitrogens with one attached hydrogen (secondary N) is 2. The lowest BCUT2D eigenvalue weighted by Gasteiger charge is -2.09. The monoisotopic (exact) mass is 402 g/mol. The summed E-state index contributed by atoms with van der Waals surface area (Å²) in [6.07, 6.45) is 0. The van der Waals surface area contributed by atoms with Gasteiger partial charge in [0.1, 0.15) is 0 Å². The second-order valence-electron chi connectivity index (χ2n) is 4.31. The highest BCUT2D eigenvalue weighted by atomic mass is 79.9. The second-order valence-corrected chi connectivity index (χ2v) is 7.52. The van der Waals surface area contributed by atoms with E-state index < -0.39 is 15.9 Å². The highest BCUT2D eigenvalue weighted by Crippen LogP contribution is 2.22. The average Bonchev–Trinajstić information content (AvgIpc) is 2.49. The summed E-state index contributed by atoms with van der Waals surface area (Å²) in [4.78, 5) is 12.2. The van der Waals surface area contributed by atoms with Crippen LogP contribution in [0.15, 0.2) is 51.8 Å². The number of hydrogen-bond donors (Lipinski definition) is 2. The lowest BCUT2D eigenvalue weighted by molar-refractivity contribution is 0.102. The molecule has 2 N–H and O–H groups in total.